The number of hydrogen-bond acceptors (Lipinski definition) is 6. The van der Waals surface area contributed by atoms with Crippen molar-refractivity contribution in [3.05, 3.63) is 36.5 Å². The monoisotopic (exact) mass is 1110 g/mol. The predicted octanol–water partition coefficient (Wildman–Crippen LogP) is 24.3. The van der Waals surface area contributed by atoms with Gasteiger partial charge in [0, 0.05) is 19.3 Å². The summed E-state index contributed by atoms with van der Waals surface area (Å²) >= 11 is 0. The molecule has 0 aliphatic carbocycles. The summed E-state index contributed by atoms with van der Waals surface area (Å²) in [4.78, 5) is 38.5. The van der Waals surface area contributed by atoms with E-state index in [1.54, 1.807) is 0 Å². The second-order valence-corrected chi connectivity index (χ2v) is 24.2. The molecule has 0 aliphatic rings. The fourth-order valence-corrected chi connectivity index (χ4v) is 10.8. The van der Waals surface area contributed by atoms with Gasteiger partial charge in [-0.3, -0.25) is 14.4 Å². The van der Waals surface area contributed by atoms with Gasteiger partial charge >= 0.3 is 17.9 Å². The summed E-state index contributed by atoms with van der Waals surface area (Å²) < 4.78 is 17.0. The average molecular weight is 1110 g/mol. The zero-order valence-corrected chi connectivity index (χ0v) is 53.4. The molecule has 6 heteroatoms. The largest absolute Gasteiger partial charge is 0.462 e. The molecule has 0 rings (SSSR count). The van der Waals surface area contributed by atoms with E-state index >= 15 is 0 Å². The molecule has 0 fully saturated rings. The Labute approximate surface area is 493 Å². The van der Waals surface area contributed by atoms with Crippen molar-refractivity contribution in [2.45, 2.75) is 399 Å². The minimum absolute atomic E-state index is 0.0717. The molecular weight excluding hydrogens is 973 g/mol. The van der Waals surface area contributed by atoms with E-state index in [4.69, 9.17) is 14.2 Å². The van der Waals surface area contributed by atoms with Crippen LogP contribution in [-0.4, -0.2) is 37.2 Å². The fourth-order valence-electron chi connectivity index (χ4n) is 10.8. The minimum atomic E-state index is -0.777. The Bertz CT molecular complexity index is 1320. The van der Waals surface area contributed by atoms with Crippen molar-refractivity contribution in [1.29, 1.82) is 0 Å². The van der Waals surface area contributed by atoms with Gasteiger partial charge in [0.2, 0.25) is 0 Å². The van der Waals surface area contributed by atoms with Gasteiger partial charge in [0.05, 0.1) is 0 Å². The number of ether oxygens (including phenoxy) is 3. The van der Waals surface area contributed by atoms with E-state index in [-0.39, 0.29) is 31.1 Å². The van der Waals surface area contributed by atoms with Crippen molar-refractivity contribution in [2.75, 3.05) is 13.2 Å². The van der Waals surface area contributed by atoms with Gasteiger partial charge in [-0.1, -0.05) is 353 Å². The lowest BCUT2D eigenvalue weighted by Gasteiger charge is -2.18. The van der Waals surface area contributed by atoms with Crippen LogP contribution in [0.15, 0.2) is 36.5 Å². The standard InChI is InChI=1S/C73H136O6/c1-4-7-10-13-16-19-22-25-28-31-33-35-36-37-39-40-42-45-48-51-54-57-60-63-66-72(75)78-69-70(68-77-71(74)65-62-59-56-53-50-47-44-30-27-24-21-18-15-12-9-6-3)79-73(76)67-64-61-58-55-52-49-46-43-41-38-34-32-29-26-23-20-17-14-11-8-5-2/h23,26,32,34,41,43,70H,4-22,24-25,27-31,33,35-40,42,44-69H2,1-3H3/b26-23-,34-32-,43-41-. The first-order valence-corrected chi connectivity index (χ1v) is 35.5. The number of rotatable bonds is 66. The molecule has 0 radical (unpaired) electrons. The summed E-state index contributed by atoms with van der Waals surface area (Å²) in [5, 5.41) is 0. The second kappa shape index (κ2) is 68.1. The minimum Gasteiger partial charge on any atom is -0.462 e. The number of unbranched alkanes of at least 4 members (excludes halogenated alkanes) is 49. The molecular formula is C73H136O6. The van der Waals surface area contributed by atoms with E-state index in [9.17, 15) is 14.4 Å². The van der Waals surface area contributed by atoms with Crippen LogP contribution >= 0.6 is 0 Å². The van der Waals surface area contributed by atoms with Gasteiger partial charge in [-0.15, -0.1) is 0 Å². The van der Waals surface area contributed by atoms with Gasteiger partial charge in [-0.05, 0) is 57.8 Å². The predicted molar refractivity (Wildman–Crippen MR) is 344 cm³/mol. The summed E-state index contributed by atoms with van der Waals surface area (Å²) in [7, 11) is 0. The van der Waals surface area contributed by atoms with Crippen LogP contribution in [0.5, 0.6) is 0 Å². The highest BCUT2D eigenvalue weighted by Gasteiger charge is 2.19. The van der Waals surface area contributed by atoms with Gasteiger partial charge in [0.1, 0.15) is 13.2 Å². The molecule has 0 aliphatic heterocycles. The molecule has 1 atom stereocenters. The Morgan fingerprint density at radius 3 is 0.709 bits per heavy atom. The van der Waals surface area contributed by atoms with Crippen LogP contribution in [0.3, 0.4) is 0 Å². The molecule has 0 aromatic heterocycles. The Kier molecular flexibility index (Phi) is 66.1. The van der Waals surface area contributed by atoms with Gasteiger partial charge in [-0.25, -0.2) is 0 Å². The van der Waals surface area contributed by atoms with E-state index < -0.39 is 6.10 Å². The molecule has 6 nitrogen and oxygen atoms in total. The Balaban J connectivity index is 4.30. The molecule has 0 heterocycles. The van der Waals surface area contributed by atoms with Crippen molar-refractivity contribution in [2.24, 2.45) is 0 Å². The summed E-state index contributed by atoms with van der Waals surface area (Å²) in [5.74, 6) is -0.853. The van der Waals surface area contributed by atoms with Crippen LogP contribution in [0, 0.1) is 0 Å². The Hall–Kier alpha value is -2.37. The molecule has 0 amide bonds. The molecule has 0 bridgehead atoms. The van der Waals surface area contributed by atoms with Gasteiger partial charge in [0.15, 0.2) is 6.10 Å². The number of allylic oxidation sites excluding steroid dienone is 6. The zero-order valence-electron chi connectivity index (χ0n) is 53.4. The Morgan fingerprint density at radius 1 is 0.253 bits per heavy atom. The Morgan fingerprint density at radius 2 is 0.456 bits per heavy atom. The quantitative estimate of drug-likeness (QED) is 0.0261. The molecule has 0 N–H and O–H groups in total. The first kappa shape index (κ1) is 76.6. The van der Waals surface area contributed by atoms with Crippen molar-refractivity contribution >= 4 is 17.9 Å². The number of carbonyl (C=O) groups is 3. The highest BCUT2D eigenvalue weighted by atomic mass is 16.6. The lowest BCUT2D eigenvalue weighted by molar-refractivity contribution is -0.167. The fraction of sp³-hybridized carbons (Fsp3) is 0.877. The average Bonchev–Trinajstić information content (AvgIpc) is 3.45. The molecule has 0 saturated carbocycles. The summed E-state index contributed by atoms with van der Waals surface area (Å²) in [6.07, 6.45) is 84.5. The highest BCUT2D eigenvalue weighted by Crippen LogP contribution is 2.19. The van der Waals surface area contributed by atoms with Gasteiger partial charge < -0.3 is 14.2 Å². The number of hydrogen-bond donors (Lipinski definition) is 0. The maximum atomic E-state index is 13.0. The molecule has 79 heavy (non-hydrogen) atoms. The lowest BCUT2D eigenvalue weighted by Crippen LogP contribution is -2.30. The third-order valence-electron chi connectivity index (χ3n) is 16.1. The van der Waals surface area contributed by atoms with Gasteiger partial charge in [-0.2, -0.15) is 0 Å². The smallest absolute Gasteiger partial charge is 0.306 e. The topological polar surface area (TPSA) is 78.9 Å². The van der Waals surface area contributed by atoms with Crippen LogP contribution in [-0.2, 0) is 28.6 Å². The van der Waals surface area contributed by atoms with Crippen LogP contribution in [0.2, 0.25) is 0 Å². The van der Waals surface area contributed by atoms with Crippen molar-refractivity contribution in [3.8, 4) is 0 Å². The first-order chi connectivity index (χ1) is 39.0. The maximum absolute atomic E-state index is 13.0. The highest BCUT2D eigenvalue weighted by molar-refractivity contribution is 5.71. The molecule has 0 spiro atoms. The molecule has 0 aromatic carbocycles. The molecule has 0 aromatic rings. The van der Waals surface area contributed by atoms with E-state index in [0.29, 0.717) is 19.3 Å². The molecule has 1 unspecified atom stereocenters. The van der Waals surface area contributed by atoms with E-state index in [0.717, 1.165) is 77.0 Å². The van der Waals surface area contributed by atoms with E-state index in [1.165, 1.54) is 276 Å². The van der Waals surface area contributed by atoms with Crippen LogP contribution in [0.4, 0.5) is 0 Å². The molecule has 0 saturated heterocycles. The number of esters is 3. The lowest BCUT2D eigenvalue weighted by atomic mass is 10.0. The number of carbonyl (C=O) groups excluding carboxylic acids is 3. The van der Waals surface area contributed by atoms with Crippen molar-refractivity contribution in [3.63, 3.8) is 0 Å². The van der Waals surface area contributed by atoms with Gasteiger partial charge in [0.25, 0.3) is 0 Å². The first-order valence-electron chi connectivity index (χ1n) is 35.5. The second-order valence-electron chi connectivity index (χ2n) is 24.2. The zero-order chi connectivity index (χ0) is 57.1. The van der Waals surface area contributed by atoms with Crippen LogP contribution in [0.25, 0.3) is 0 Å². The summed E-state index contributed by atoms with van der Waals surface area (Å²) in [6, 6.07) is 0. The van der Waals surface area contributed by atoms with Crippen LogP contribution < -0.4 is 0 Å². The molecule has 464 valence electrons. The van der Waals surface area contributed by atoms with Crippen LogP contribution in [0.1, 0.15) is 393 Å². The normalized spacial score (nSPS) is 12.2. The third kappa shape index (κ3) is 66.3. The van der Waals surface area contributed by atoms with Crippen molar-refractivity contribution < 1.29 is 28.6 Å². The SMILES string of the molecule is CCCCCCC/C=C\C/C=C\C/C=C\CCCCCCCCC(=O)OC(COC(=O)CCCCCCCCCCCCCCCCCC)COC(=O)CCCCCCCCCCCCCCCCCCCCCCCCCC. The van der Waals surface area contributed by atoms with Crippen molar-refractivity contribution in [1.82, 2.24) is 0 Å². The summed E-state index contributed by atoms with van der Waals surface area (Å²) in [6.45, 7) is 6.70. The van der Waals surface area contributed by atoms with E-state index in [1.807, 2.05) is 0 Å². The van der Waals surface area contributed by atoms with E-state index in [2.05, 4.69) is 57.2 Å². The third-order valence-corrected chi connectivity index (χ3v) is 16.1. The summed E-state index contributed by atoms with van der Waals surface area (Å²) in [5.41, 5.74) is 0. The maximum Gasteiger partial charge on any atom is 0.306 e.